The molecule has 19 heavy (non-hydrogen) atoms. The van der Waals surface area contributed by atoms with Crippen molar-refractivity contribution < 1.29 is 13.9 Å². The van der Waals surface area contributed by atoms with E-state index >= 15 is 0 Å². The van der Waals surface area contributed by atoms with Crippen LogP contribution in [0.3, 0.4) is 0 Å². The summed E-state index contributed by atoms with van der Waals surface area (Å²) in [5.41, 5.74) is 0. The van der Waals surface area contributed by atoms with Crippen molar-refractivity contribution in [2.75, 3.05) is 26.2 Å². The van der Waals surface area contributed by atoms with Crippen molar-refractivity contribution in [3.63, 3.8) is 0 Å². The SMILES string of the molecule is O=CC1CCN(CCCOc2ccc(F)cc2)CC1. The molecule has 0 amide bonds. The Morgan fingerprint density at radius 3 is 2.58 bits per heavy atom. The van der Waals surface area contributed by atoms with Crippen LogP contribution in [0.4, 0.5) is 4.39 Å². The summed E-state index contributed by atoms with van der Waals surface area (Å²) in [6.07, 6.45) is 3.97. The molecule has 0 radical (unpaired) electrons. The molecule has 1 aliphatic heterocycles. The van der Waals surface area contributed by atoms with Gasteiger partial charge in [-0.15, -0.1) is 0 Å². The van der Waals surface area contributed by atoms with Gasteiger partial charge in [0.2, 0.25) is 0 Å². The lowest BCUT2D eigenvalue weighted by molar-refractivity contribution is -0.112. The highest BCUT2D eigenvalue weighted by molar-refractivity contribution is 5.53. The van der Waals surface area contributed by atoms with Crippen LogP contribution < -0.4 is 4.74 Å². The first-order chi connectivity index (χ1) is 9.28. The summed E-state index contributed by atoms with van der Waals surface area (Å²) in [7, 11) is 0. The lowest BCUT2D eigenvalue weighted by Gasteiger charge is -2.29. The number of aldehydes is 1. The molecule has 1 aromatic rings. The average Bonchev–Trinajstić information content (AvgIpc) is 2.46. The number of nitrogens with zero attached hydrogens (tertiary/aromatic N) is 1. The minimum Gasteiger partial charge on any atom is -0.494 e. The molecule has 104 valence electrons. The third-order valence-electron chi connectivity index (χ3n) is 3.53. The predicted molar refractivity (Wildman–Crippen MR) is 71.7 cm³/mol. The smallest absolute Gasteiger partial charge is 0.123 e. The van der Waals surface area contributed by atoms with Gasteiger partial charge < -0.3 is 14.4 Å². The molecule has 0 saturated carbocycles. The lowest BCUT2D eigenvalue weighted by Crippen LogP contribution is -2.35. The number of hydrogen-bond acceptors (Lipinski definition) is 3. The van der Waals surface area contributed by atoms with Gasteiger partial charge in [-0.2, -0.15) is 0 Å². The van der Waals surface area contributed by atoms with E-state index in [-0.39, 0.29) is 11.7 Å². The number of carbonyl (C=O) groups is 1. The Hall–Kier alpha value is -1.42. The molecule has 0 spiro atoms. The van der Waals surface area contributed by atoms with Crippen LogP contribution in [0.15, 0.2) is 24.3 Å². The Bertz CT molecular complexity index is 386. The van der Waals surface area contributed by atoms with Crippen molar-refractivity contribution in [2.24, 2.45) is 5.92 Å². The maximum atomic E-state index is 12.7. The number of halogens is 1. The molecule has 1 aromatic carbocycles. The van der Waals surface area contributed by atoms with Gasteiger partial charge in [-0.05, 0) is 56.6 Å². The maximum Gasteiger partial charge on any atom is 0.123 e. The Kier molecular flexibility index (Phi) is 5.33. The topological polar surface area (TPSA) is 29.5 Å². The van der Waals surface area contributed by atoms with Crippen LogP contribution in [0.25, 0.3) is 0 Å². The molecular formula is C15H20FNO2. The van der Waals surface area contributed by atoms with Crippen molar-refractivity contribution in [1.29, 1.82) is 0 Å². The number of likely N-dealkylation sites (tertiary alicyclic amines) is 1. The fraction of sp³-hybridized carbons (Fsp3) is 0.533. The summed E-state index contributed by atoms with van der Waals surface area (Å²) in [5, 5.41) is 0. The van der Waals surface area contributed by atoms with E-state index in [0.717, 1.165) is 45.2 Å². The number of benzene rings is 1. The number of piperidine rings is 1. The zero-order valence-corrected chi connectivity index (χ0v) is 11.1. The van der Waals surface area contributed by atoms with Gasteiger partial charge in [0, 0.05) is 12.5 Å². The van der Waals surface area contributed by atoms with Gasteiger partial charge in [-0.25, -0.2) is 4.39 Å². The third kappa shape index (κ3) is 4.63. The number of rotatable bonds is 6. The molecule has 0 aliphatic carbocycles. The van der Waals surface area contributed by atoms with E-state index in [2.05, 4.69) is 4.90 Å². The van der Waals surface area contributed by atoms with Crippen LogP contribution in [-0.2, 0) is 4.79 Å². The van der Waals surface area contributed by atoms with Crippen molar-refractivity contribution in [3.8, 4) is 5.75 Å². The average molecular weight is 265 g/mol. The molecule has 1 saturated heterocycles. The second-order valence-corrected chi connectivity index (χ2v) is 4.97. The first kappa shape index (κ1) is 14.0. The molecular weight excluding hydrogens is 245 g/mol. The molecule has 0 N–H and O–H groups in total. The highest BCUT2D eigenvalue weighted by Gasteiger charge is 2.17. The standard InChI is InChI=1S/C15H20FNO2/c16-14-2-4-15(5-3-14)19-11-1-8-17-9-6-13(12-18)7-10-17/h2-5,12-13H,1,6-11H2. The fourth-order valence-electron chi connectivity index (χ4n) is 2.32. The second-order valence-electron chi connectivity index (χ2n) is 4.97. The van der Waals surface area contributed by atoms with E-state index < -0.39 is 0 Å². The minimum atomic E-state index is -0.245. The zero-order chi connectivity index (χ0) is 13.5. The Morgan fingerprint density at radius 1 is 1.26 bits per heavy atom. The van der Waals surface area contributed by atoms with Gasteiger partial charge in [-0.3, -0.25) is 0 Å². The van der Waals surface area contributed by atoms with Gasteiger partial charge >= 0.3 is 0 Å². The van der Waals surface area contributed by atoms with Gasteiger partial charge in [0.1, 0.15) is 17.9 Å². The molecule has 3 nitrogen and oxygen atoms in total. The third-order valence-corrected chi connectivity index (χ3v) is 3.53. The summed E-state index contributed by atoms with van der Waals surface area (Å²) in [5.74, 6) is 0.721. The number of carbonyl (C=O) groups excluding carboxylic acids is 1. The summed E-state index contributed by atoms with van der Waals surface area (Å²) in [6, 6.07) is 6.09. The molecule has 1 aliphatic rings. The Labute approximate surface area is 113 Å². The lowest BCUT2D eigenvalue weighted by atomic mass is 9.98. The van der Waals surface area contributed by atoms with Crippen molar-refractivity contribution in [2.45, 2.75) is 19.3 Å². The molecule has 0 bridgehead atoms. The molecule has 0 unspecified atom stereocenters. The van der Waals surface area contributed by atoms with E-state index in [1.54, 1.807) is 12.1 Å². The second kappa shape index (κ2) is 7.24. The summed E-state index contributed by atoms with van der Waals surface area (Å²) < 4.78 is 18.2. The normalized spacial score (nSPS) is 17.3. The molecule has 0 atom stereocenters. The van der Waals surface area contributed by atoms with E-state index in [1.165, 1.54) is 12.1 Å². The van der Waals surface area contributed by atoms with Crippen molar-refractivity contribution in [1.82, 2.24) is 4.90 Å². The highest BCUT2D eigenvalue weighted by atomic mass is 19.1. The summed E-state index contributed by atoms with van der Waals surface area (Å²) >= 11 is 0. The maximum absolute atomic E-state index is 12.7. The predicted octanol–water partition coefficient (Wildman–Crippen LogP) is 2.51. The summed E-state index contributed by atoms with van der Waals surface area (Å²) in [6.45, 7) is 3.63. The number of hydrogen-bond donors (Lipinski definition) is 0. The highest BCUT2D eigenvalue weighted by Crippen LogP contribution is 2.15. The van der Waals surface area contributed by atoms with E-state index in [9.17, 15) is 9.18 Å². The summed E-state index contributed by atoms with van der Waals surface area (Å²) in [4.78, 5) is 13.0. The first-order valence-corrected chi connectivity index (χ1v) is 6.84. The fourth-order valence-corrected chi connectivity index (χ4v) is 2.32. The van der Waals surface area contributed by atoms with E-state index in [0.29, 0.717) is 12.4 Å². The van der Waals surface area contributed by atoms with Crippen LogP contribution in [0.5, 0.6) is 5.75 Å². The van der Waals surface area contributed by atoms with Crippen molar-refractivity contribution >= 4 is 6.29 Å². The molecule has 2 rings (SSSR count). The molecule has 4 heteroatoms. The van der Waals surface area contributed by atoms with Gasteiger partial charge in [-0.1, -0.05) is 0 Å². The van der Waals surface area contributed by atoms with Crippen LogP contribution >= 0.6 is 0 Å². The van der Waals surface area contributed by atoms with E-state index in [4.69, 9.17) is 4.74 Å². The molecule has 0 aromatic heterocycles. The van der Waals surface area contributed by atoms with Gasteiger partial charge in [0.15, 0.2) is 0 Å². The largest absolute Gasteiger partial charge is 0.494 e. The first-order valence-electron chi connectivity index (χ1n) is 6.84. The monoisotopic (exact) mass is 265 g/mol. The zero-order valence-electron chi connectivity index (χ0n) is 11.1. The molecule has 1 fully saturated rings. The van der Waals surface area contributed by atoms with Crippen LogP contribution in [0.2, 0.25) is 0 Å². The Morgan fingerprint density at radius 2 is 1.95 bits per heavy atom. The minimum absolute atomic E-state index is 0.245. The van der Waals surface area contributed by atoms with Crippen LogP contribution in [0.1, 0.15) is 19.3 Å². The molecule has 1 heterocycles. The Balaban J connectivity index is 1.59. The quantitative estimate of drug-likeness (QED) is 0.584. The van der Waals surface area contributed by atoms with Crippen molar-refractivity contribution in [3.05, 3.63) is 30.1 Å². The van der Waals surface area contributed by atoms with Crippen LogP contribution in [0, 0.1) is 11.7 Å². The number of ether oxygens (including phenoxy) is 1. The van der Waals surface area contributed by atoms with E-state index in [1.807, 2.05) is 0 Å². The van der Waals surface area contributed by atoms with Gasteiger partial charge in [0.05, 0.1) is 6.61 Å². The van der Waals surface area contributed by atoms with Crippen LogP contribution in [-0.4, -0.2) is 37.4 Å². The van der Waals surface area contributed by atoms with Gasteiger partial charge in [0.25, 0.3) is 0 Å².